The molecule has 0 unspecified atom stereocenters. The first kappa shape index (κ1) is 53.3. The van der Waals surface area contributed by atoms with Crippen LogP contribution in [0.15, 0.2) is 40.7 Å². The predicted octanol–water partition coefficient (Wildman–Crippen LogP) is 12.8. The van der Waals surface area contributed by atoms with Crippen LogP contribution in [0.5, 0.6) is 0 Å². The number of carbonyl (C=O) groups excluding carboxylic acids is 1. The van der Waals surface area contributed by atoms with Crippen molar-refractivity contribution in [2.45, 2.75) is 193 Å². The van der Waals surface area contributed by atoms with Gasteiger partial charge in [0, 0.05) is 70.7 Å². The highest BCUT2D eigenvalue weighted by Crippen LogP contribution is 2.40. The summed E-state index contributed by atoms with van der Waals surface area (Å²) in [6.07, 6.45) is 0. The van der Waals surface area contributed by atoms with Gasteiger partial charge in [-0.3, -0.25) is 19.1 Å². The second kappa shape index (κ2) is 20.9. The molecule has 4 aromatic rings. The summed E-state index contributed by atoms with van der Waals surface area (Å²) in [4.78, 5) is 37.9. The molecule has 0 fully saturated rings. The lowest BCUT2D eigenvalue weighted by atomic mass is 9.78. The molecule has 0 saturated carbocycles. The van der Waals surface area contributed by atoms with Crippen LogP contribution in [0.25, 0.3) is 16.5 Å². The molecular formula is C55H88N6O2. The summed E-state index contributed by atoms with van der Waals surface area (Å²) >= 11 is 0. The van der Waals surface area contributed by atoms with E-state index in [-0.39, 0.29) is 45.5 Å². The third-order valence-corrected chi connectivity index (χ3v) is 11.8. The fourth-order valence-electron chi connectivity index (χ4n) is 8.78. The SMILES string of the molecule is CC(C)c1nc(C(C)(C)C)n(CCN(C)C)c(=O)c1C(C)C.Cc1ccc2c(c1)cc1n2CCNC(=O)/C(C(C)(C)C)=C\1C(C)C.Cc1nc(C(C)C)c(C(C)C)cc1C(C)(C)C. The second-order valence-electron chi connectivity index (χ2n) is 22.9. The molecule has 0 bridgehead atoms. The number of carbonyl (C=O) groups is 1. The Balaban J connectivity index is 0.000000256. The number of amides is 1. The van der Waals surface area contributed by atoms with Crippen molar-refractivity contribution in [1.29, 1.82) is 0 Å². The Labute approximate surface area is 383 Å². The topological polar surface area (TPSA) is 85.0 Å². The fraction of sp³-hybridized carbons (Fsp3) is 0.636. The zero-order chi connectivity index (χ0) is 48.3. The first-order chi connectivity index (χ1) is 28.8. The van der Waals surface area contributed by atoms with Crippen LogP contribution in [0.4, 0.5) is 0 Å². The molecule has 5 rings (SSSR count). The summed E-state index contributed by atoms with van der Waals surface area (Å²) in [5.41, 5.74) is 12.9. The third-order valence-electron chi connectivity index (χ3n) is 11.8. The van der Waals surface area contributed by atoms with E-state index < -0.39 is 0 Å². The highest BCUT2D eigenvalue weighted by atomic mass is 16.1. The smallest absolute Gasteiger partial charge is 0.257 e. The molecule has 4 heterocycles. The first-order valence-electron chi connectivity index (χ1n) is 23.8. The molecule has 0 saturated heterocycles. The van der Waals surface area contributed by atoms with Crippen LogP contribution in [0.1, 0.15) is 206 Å². The predicted molar refractivity (Wildman–Crippen MR) is 271 cm³/mol. The van der Waals surface area contributed by atoms with Gasteiger partial charge in [0.15, 0.2) is 0 Å². The average molecular weight is 865 g/mol. The number of pyridine rings is 1. The molecule has 8 nitrogen and oxygen atoms in total. The highest BCUT2D eigenvalue weighted by molar-refractivity contribution is 6.03. The van der Waals surface area contributed by atoms with E-state index in [4.69, 9.17) is 9.97 Å². The van der Waals surface area contributed by atoms with Crippen molar-refractivity contribution in [3.63, 3.8) is 0 Å². The number of nitrogens with one attached hydrogen (secondary N) is 1. The van der Waals surface area contributed by atoms with Crippen LogP contribution in [-0.4, -0.2) is 57.1 Å². The van der Waals surface area contributed by atoms with E-state index >= 15 is 0 Å². The number of benzene rings is 1. The Hall–Kier alpha value is -4.04. The number of nitrogens with zero attached hydrogens (tertiary/aromatic N) is 5. The Morgan fingerprint density at radius 2 is 1.29 bits per heavy atom. The lowest BCUT2D eigenvalue weighted by molar-refractivity contribution is -0.118. The third kappa shape index (κ3) is 13.0. The molecular weight excluding hydrogens is 777 g/mol. The molecule has 0 radical (unpaired) electrons. The number of aromatic nitrogens is 4. The van der Waals surface area contributed by atoms with Crippen LogP contribution in [0.3, 0.4) is 0 Å². The molecule has 8 heteroatoms. The Bertz CT molecular complexity index is 2290. The monoisotopic (exact) mass is 865 g/mol. The zero-order valence-corrected chi connectivity index (χ0v) is 44.2. The lowest BCUT2D eigenvalue weighted by Gasteiger charge is -2.30. The standard InChI is InChI=1S/C21H28N2O.C18H33N3O.C16H27N/c1-13(2)18-17-12-15-11-14(3)7-8-16(15)23(17)10-9-22-20(24)19(18)21(4,5)6;1-12(2)14-15(13(3)4)19-17(18(5,6)7)21(16(14)22)11-10-20(8)9;1-10(2)13-9-14(16(6,7)8)12(5)17-15(13)11(3)4/h7-8,11-13H,9-10H2,1-6H3,(H,22,24);12-13H,10-11H2,1-9H3;9-11H,1-8H3/b19-18+;;. The zero-order valence-electron chi connectivity index (χ0n) is 44.2. The number of allylic oxidation sites excluding steroid dienone is 1. The normalized spacial score (nSPS) is 15.2. The second-order valence-corrected chi connectivity index (χ2v) is 22.9. The number of fused-ring (bicyclic) bond motifs is 3. The summed E-state index contributed by atoms with van der Waals surface area (Å²) in [5.74, 6) is 2.76. The Morgan fingerprint density at radius 1 is 0.698 bits per heavy atom. The van der Waals surface area contributed by atoms with E-state index in [1.165, 1.54) is 50.2 Å². The minimum atomic E-state index is -0.196. The van der Waals surface area contributed by atoms with E-state index in [1.54, 1.807) is 0 Å². The van der Waals surface area contributed by atoms with Gasteiger partial charge in [0.1, 0.15) is 5.82 Å². The molecule has 3 aromatic heterocycles. The van der Waals surface area contributed by atoms with Gasteiger partial charge in [0.25, 0.3) is 5.56 Å². The number of hydrogen-bond donors (Lipinski definition) is 1. The van der Waals surface area contributed by atoms with Gasteiger partial charge in [0.2, 0.25) is 5.91 Å². The van der Waals surface area contributed by atoms with Crippen LogP contribution in [-0.2, 0) is 28.7 Å². The molecule has 350 valence electrons. The first-order valence-corrected chi connectivity index (χ1v) is 23.8. The molecule has 0 spiro atoms. The van der Waals surface area contributed by atoms with Crippen molar-refractivity contribution in [3.05, 3.63) is 97.1 Å². The number of likely N-dealkylation sites (N-methyl/N-ethyl adjacent to an activating group) is 1. The molecule has 0 aliphatic carbocycles. The molecule has 1 amide bonds. The van der Waals surface area contributed by atoms with Gasteiger partial charge in [0.05, 0.1) is 5.69 Å². The van der Waals surface area contributed by atoms with Gasteiger partial charge in [-0.05, 0) is 103 Å². The van der Waals surface area contributed by atoms with E-state index in [2.05, 4.69) is 191 Å². The summed E-state index contributed by atoms with van der Waals surface area (Å²) in [7, 11) is 4.06. The molecule has 1 aromatic carbocycles. The highest BCUT2D eigenvalue weighted by Gasteiger charge is 2.32. The quantitative estimate of drug-likeness (QED) is 0.191. The number of rotatable bonds is 8. The lowest BCUT2D eigenvalue weighted by Crippen LogP contribution is -2.37. The summed E-state index contributed by atoms with van der Waals surface area (Å²) in [5, 5.41) is 4.37. The van der Waals surface area contributed by atoms with Crippen molar-refractivity contribution in [1.82, 2.24) is 29.3 Å². The molecule has 63 heavy (non-hydrogen) atoms. The van der Waals surface area contributed by atoms with E-state index in [1.807, 2.05) is 18.7 Å². The summed E-state index contributed by atoms with van der Waals surface area (Å²) in [6.45, 7) is 48.5. The van der Waals surface area contributed by atoms with Crippen molar-refractivity contribution < 1.29 is 4.79 Å². The van der Waals surface area contributed by atoms with Crippen LogP contribution in [0.2, 0.25) is 0 Å². The fourth-order valence-corrected chi connectivity index (χ4v) is 8.78. The van der Waals surface area contributed by atoms with E-state index in [0.717, 1.165) is 35.7 Å². The van der Waals surface area contributed by atoms with Crippen LogP contribution >= 0.6 is 0 Å². The Morgan fingerprint density at radius 3 is 1.75 bits per heavy atom. The molecule has 1 N–H and O–H groups in total. The maximum atomic E-state index is 13.1. The van der Waals surface area contributed by atoms with Crippen molar-refractivity contribution in [3.8, 4) is 0 Å². The maximum Gasteiger partial charge on any atom is 0.257 e. The van der Waals surface area contributed by atoms with Crippen LogP contribution in [0, 0.1) is 25.2 Å². The minimum Gasteiger partial charge on any atom is -0.350 e. The summed E-state index contributed by atoms with van der Waals surface area (Å²) in [6, 6.07) is 11.2. The Kier molecular flexibility index (Phi) is 17.6. The molecule has 1 aliphatic rings. The maximum absolute atomic E-state index is 13.1. The van der Waals surface area contributed by atoms with Gasteiger partial charge in [-0.15, -0.1) is 0 Å². The van der Waals surface area contributed by atoms with E-state index in [9.17, 15) is 9.59 Å². The van der Waals surface area contributed by atoms with Crippen molar-refractivity contribution in [2.24, 2.45) is 11.3 Å². The minimum absolute atomic E-state index is 0.0823. The van der Waals surface area contributed by atoms with Crippen molar-refractivity contribution in [2.75, 3.05) is 27.2 Å². The van der Waals surface area contributed by atoms with Gasteiger partial charge < -0.3 is 14.8 Å². The molecule has 0 atom stereocenters. The number of aryl methyl sites for hydroxylation is 2. The van der Waals surface area contributed by atoms with Gasteiger partial charge in [-0.1, -0.05) is 149 Å². The average Bonchev–Trinajstić information content (AvgIpc) is 3.46. The van der Waals surface area contributed by atoms with E-state index in [0.29, 0.717) is 24.9 Å². The summed E-state index contributed by atoms with van der Waals surface area (Å²) < 4.78 is 4.26. The molecule has 1 aliphatic heterocycles. The van der Waals surface area contributed by atoms with Gasteiger partial charge in [-0.25, -0.2) is 4.98 Å². The van der Waals surface area contributed by atoms with Gasteiger partial charge in [-0.2, -0.15) is 0 Å². The van der Waals surface area contributed by atoms with Crippen LogP contribution < -0.4 is 10.9 Å². The number of hydrogen-bond acceptors (Lipinski definition) is 5. The van der Waals surface area contributed by atoms with Crippen molar-refractivity contribution >= 4 is 22.4 Å². The largest absolute Gasteiger partial charge is 0.350 e. The van der Waals surface area contributed by atoms with Gasteiger partial charge >= 0.3 is 0 Å².